The van der Waals surface area contributed by atoms with Gasteiger partial charge in [0.2, 0.25) is 5.91 Å². The van der Waals surface area contributed by atoms with Gasteiger partial charge in [-0.15, -0.1) is 0 Å². The summed E-state index contributed by atoms with van der Waals surface area (Å²) in [5, 5.41) is 3.08. The van der Waals surface area contributed by atoms with Crippen LogP contribution in [0.2, 0.25) is 0 Å². The third-order valence-electron chi connectivity index (χ3n) is 4.40. The Hall–Kier alpha value is -1.42. The number of nitrogens with one attached hydrogen (secondary N) is 1. The third kappa shape index (κ3) is 3.62. The molecule has 1 N–H and O–H groups in total. The van der Waals surface area contributed by atoms with Gasteiger partial charge < -0.3 is 5.32 Å². The van der Waals surface area contributed by atoms with Crippen LogP contribution < -0.4 is 5.32 Å². The molecule has 2 heterocycles. The number of hydrogen-bond donors (Lipinski definition) is 1. The van der Waals surface area contributed by atoms with Crippen molar-refractivity contribution >= 4 is 5.91 Å². The van der Waals surface area contributed by atoms with E-state index < -0.39 is 0 Å². The molecule has 1 atom stereocenters. The highest BCUT2D eigenvalue weighted by atomic mass is 16.2. The molecule has 0 radical (unpaired) electrons. The molecule has 1 fully saturated rings. The Labute approximate surface area is 127 Å². The van der Waals surface area contributed by atoms with E-state index in [1.54, 1.807) is 6.20 Å². The maximum absolute atomic E-state index is 12.7. The van der Waals surface area contributed by atoms with Crippen molar-refractivity contribution in [1.29, 1.82) is 0 Å². The smallest absolute Gasteiger partial charge is 0.240 e. The predicted molar refractivity (Wildman–Crippen MR) is 84.9 cm³/mol. The van der Waals surface area contributed by atoms with E-state index >= 15 is 0 Å². The number of pyridine rings is 1. The average Bonchev–Trinajstić information content (AvgIpc) is 2.79. The lowest BCUT2D eigenvalue weighted by Crippen LogP contribution is -2.54. The zero-order valence-electron chi connectivity index (χ0n) is 13.6. The van der Waals surface area contributed by atoms with E-state index in [1.807, 2.05) is 19.1 Å². The van der Waals surface area contributed by atoms with E-state index in [0.717, 1.165) is 37.2 Å². The average molecular weight is 289 g/mol. The third-order valence-corrected chi connectivity index (χ3v) is 4.40. The van der Waals surface area contributed by atoms with Gasteiger partial charge in [-0.05, 0) is 50.8 Å². The molecule has 0 aliphatic carbocycles. The van der Waals surface area contributed by atoms with Gasteiger partial charge in [0, 0.05) is 12.7 Å². The minimum atomic E-state index is -0.368. The van der Waals surface area contributed by atoms with Gasteiger partial charge in [-0.25, -0.2) is 0 Å². The topological polar surface area (TPSA) is 45.2 Å². The maximum atomic E-state index is 12.7. The minimum Gasteiger partial charge on any atom is -0.349 e. The van der Waals surface area contributed by atoms with Crippen LogP contribution in [0, 0.1) is 12.8 Å². The van der Waals surface area contributed by atoms with Gasteiger partial charge >= 0.3 is 0 Å². The van der Waals surface area contributed by atoms with Crippen LogP contribution in [0.15, 0.2) is 18.3 Å². The summed E-state index contributed by atoms with van der Waals surface area (Å²) < 4.78 is 0. The number of likely N-dealkylation sites (tertiary alicyclic amines) is 1. The summed E-state index contributed by atoms with van der Waals surface area (Å²) in [5.41, 5.74) is 1.70. The highest BCUT2D eigenvalue weighted by Crippen LogP contribution is 2.30. The molecule has 2 rings (SSSR count). The van der Waals surface area contributed by atoms with Crippen LogP contribution in [-0.4, -0.2) is 34.4 Å². The van der Waals surface area contributed by atoms with Gasteiger partial charge in [0.05, 0.1) is 17.8 Å². The summed E-state index contributed by atoms with van der Waals surface area (Å²) in [7, 11) is 0. The molecule has 1 aromatic rings. The summed E-state index contributed by atoms with van der Waals surface area (Å²) in [6.45, 7) is 11.0. The molecular formula is C17H27N3O. The van der Waals surface area contributed by atoms with Crippen LogP contribution in [0.4, 0.5) is 0 Å². The number of rotatable bonds is 5. The molecule has 0 aromatic carbocycles. The van der Waals surface area contributed by atoms with E-state index in [0.29, 0.717) is 12.5 Å². The van der Waals surface area contributed by atoms with Gasteiger partial charge in [-0.3, -0.25) is 14.7 Å². The lowest BCUT2D eigenvalue weighted by atomic mass is 9.96. The van der Waals surface area contributed by atoms with Crippen molar-refractivity contribution in [2.75, 3.05) is 13.1 Å². The van der Waals surface area contributed by atoms with Crippen molar-refractivity contribution in [2.45, 2.75) is 52.6 Å². The molecule has 0 spiro atoms. The van der Waals surface area contributed by atoms with Crippen LogP contribution >= 0.6 is 0 Å². The van der Waals surface area contributed by atoms with E-state index in [4.69, 9.17) is 0 Å². The first-order chi connectivity index (χ1) is 9.93. The summed E-state index contributed by atoms with van der Waals surface area (Å²) in [5.74, 6) is 0.707. The first kappa shape index (κ1) is 16.0. The van der Waals surface area contributed by atoms with Crippen molar-refractivity contribution < 1.29 is 4.79 Å². The predicted octanol–water partition coefficient (Wildman–Crippen LogP) is 2.52. The number of carbonyl (C=O) groups is 1. The van der Waals surface area contributed by atoms with Crippen LogP contribution in [0.5, 0.6) is 0 Å². The summed E-state index contributed by atoms with van der Waals surface area (Å²) in [4.78, 5) is 19.3. The standard InChI is InChI=1S/C17H27N3O/c1-13(2)12-20-10-6-8-17(20,4)16(21)19-11-15-14(3)7-5-9-18-15/h5,7,9,13H,6,8,10-12H2,1-4H3,(H,19,21). The number of carbonyl (C=O) groups excluding carboxylic acids is 1. The Morgan fingerprint density at radius 1 is 1.52 bits per heavy atom. The lowest BCUT2D eigenvalue weighted by Gasteiger charge is -2.35. The molecule has 1 unspecified atom stereocenters. The monoisotopic (exact) mass is 289 g/mol. The summed E-state index contributed by atoms with van der Waals surface area (Å²) in [6, 6.07) is 3.94. The summed E-state index contributed by atoms with van der Waals surface area (Å²) in [6.07, 6.45) is 3.81. The molecular weight excluding hydrogens is 262 g/mol. The molecule has 21 heavy (non-hydrogen) atoms. The molecule has 4 heteroatoms. The first-order valence-corrected chi connectivity index (χ1v) is 7.87. The van der Waals surface area contributed by atoms with Gasteiger partial charge in [0.1, 0.15) is 0 Å². The highest BCUT2D eigenvalue weighted by molar-refractivity contribution is 5.86. The van der Waals surface area contributed by atoms with Gasteiger partial charge in [0.25, 0.3) is 0 Å². The molecule has 116 valence electrons. The Morgan fingerprint density at radius 3 is 2.95 bits per heavy atom. The number of hydrogen-bond acceptors (Lipinski definition) is 3. The second-order valence-electron chi connectivity index (χ2n) is 6.67. The second-order valence-corrected chi connectivity index (χ2v) is 6.67. The van der Waals surface area contributed by atoms with Gasteiger partial charge in [0.15, 0.2) is 0 Å². The van der Waals surface area contributed by atoms with Gasteiger partial charge in [-0.1, -0.05) is 19.9 Å². The molecule has 4 nitrogen and oxygen atoms in total. The van der Waals surface area contributed by atoms with Crippen molar-refractivity contribution in [3.8, 4) is 0 Å². The van der Waals surface area contributed by atoms with E-state index in [9.17, 15) is 4.79 Å². The quantitative estimate of drug-likeness (QED) is 0.906. The van der Waals surface area contributed by atoms with E-state index in [2.05, 4.69) is 36.0 Å². The molecule has 0 bridgehead atoms. The normalized spacial score (nSPS) is 22.7. The van der Waals surface area contributed by atoms with Crippen molar-refractivity contribution in [3.05, 3.63) is 29.6 Å². The highest BCUT2D eigenvalue weighted by Gasteiger charge is 2.42. The lowest BCUT2D eigenvalue weighted by molar-refractivity contribution is -0.131. The largest absolute Gasteiger partial charge is 0.349 e. The van der Waals surface area contributed by atoms with Crippen molar-refractivity contribution in [3.63, 3.8) is 0 Å². The van der Waals surface area contributed by atoms with Crippen LogP contribution in [-0.2, 0) is 11.3 Å². The summed E-state index contributed by atoms with van der Waals surface area (Å²) >= 11 is 0. The fraction of sp³-hybridized carbons (Fsp3) is 0.647. The molecule has 1 amide bonds. The fourth-order valence-electron chi connectivity index (χ4n) is 3.07. The SMILES string of the molecule is Cc1cccnc1CNC(=O)C1(C)CCCN1CC(C)C. The number of aromatic nitrogens is 1. The molecule has 1 aliphatic rings. The molecule has 1 aromatic heterocycles. The first-order valence-electron chi connectivity index (χ1n) is 7.87. The minimum absolute atomic E-state index is 0.130. The van der Waals surface area contributed by atoms with E-state index in [-0.39, 0.29) is 11.4 Å². The van der Waals surface area contributed by atoms with Crippen molar-refractivity contribution in [2.24, 2.45) is 5.92 Å². The Bertz CT molecular complexity index is 501. The van der Waals surface area contributed by atoms with Crippen molar-refractivity contribution in [1.82, 2.24) is 15.2 Å². The second kappa shape index (κ2) is 6.56. The molecule has 1 saturated heterocycles. The van der Waals surface area contributed by atoms with Crippen LogP contribution in [0.3, 0.4) is 0 Å². The number of nitrogens with zero attached hydrogens (tertiary/aromatic N) is 2. The Balaban J connectivity index is 2.00. The fourth-order valence-corrected chi connectivity index (χ4v) is 3.07. The number of amides is 1. The van der Waals surface area contributed by atoms with E-state index in [1.165, 1.54) is 0 Å². The maximum Gasteiger partial charge on any atom is 0.240 e. The zero-order valence-corrected chi connectivity index (χ0v) is 13.6. The molecule has 0 saturated carbocycles. The van der Waals surface area contributed by atoms with Gasteiger partial charge in [-0.2, -0.15) is 0 Å². The van der Waals surface area contributed by atoms with Crippen LogP contribution in [0.25, 0.3) is 0 Å². The number of aryl methyl sites for hydroxylation is 1. The Morgan fingerprint density at radius 2 is 2.29 bits per heavy atom. The molecule has 1 aliphatic heterocycles. The zero-order chi connectivity index (χ0) is 15.5. The Kier molecular flexibility index (Phi) is 4.99. The van der Waals surface area contributed by atoms with Crippen LogP contribution in [0.1, 0.15) is 44.9 Å².